The summed E-state index contributed by atoms with van der Waals surface area (Å²) in [6.07, 6.45) is 1.06. The summed E-state index contributed by atoms with van der Waals surface area (Å²) in [5.41, 5.74) is 4.14. The predicted molar refractivity (Wildman–Crippen MR) is 58.7 cm³/mol. The van der Waals surface area contributed by atoms with Crippen LogP contribution in [0, 0.1) is 0 Å². The molecule has 1 aliphatic rings. The normalized spacial score (nSPS) is 21.9. The van der Waals surface area contributed by atoms with Crippen molar-refractivity contribution in [3.8, 4) is 0 Å². The molecule has 5 nitrogen and oxygen atoms in total. The van der Waals surface area contributed by atoms with Crippen LogP contribution in [-0.4, -0.2) is 40.1 Å². The lowest BCUT2D eigenvalue weighted by atomic mass is 9.91. The van der Waals surface area contributed by atoms with Crippen LogP contribution in [0.4, 0.5) is 0 Å². The lowest BCUT2D eigenvalue weighted by Crippen LogP contribution is -2.59. The molecule has 1 aliphatic heterocycles. The lowest BCUT2D eigenvalue weighted by molar-refractivity contribution is -0.146. The Morgan fingerprint density at radius 2 is 2.00 bits per heavy atom. The lowest BCUT2D eigenvalue weighted by Gasteiger charge is -2.35. The Labute approximate surface area is 92.8 Å². The molecule has 1 amide bonds. The summed E-state index contributed by atoms with van der Waals surface area (Å²) in [5.74, 6) is 0.181. The van der Waals surface area contributed by atoms with E-state index in [-0.39, 0.29) is 0 Å². The second kappa shape index (κ2) is 4.85. The molecule has 0 aromatic heterocycles. The van der Waals surface area contributed by atoms with Crippen LogP contribution in [-0.2, 0) is 9.59 Å². The molecule has 1 saturated heterocycles. The van der Waals surface area contributed by atoms with Crippen LogP contribution in [0.1, 0.15) is 19.8 Å². The molecule has 1 fully saturated rings. The van der Waals surface area contributed by atoms with E-state index in [0.717, 1.165) is 11.5 Å². The molecule has 0 spiro atoms. The molecule has 1 rings (SSSR count). The minimum atomic E-state index is -0.973. The first-order valence-corrected chi connectivity index (χ1v) is 6.01. The van der Waals surface area contributed by atoms with Crippen molar-refractivity contribution >= 4 is 23.6 Å². The summed E-state index contributed by atoms with van der Waals surface area (Å²) in [7, 11) is 0. The maximum atomic E-state index is 11.2. The summed E-state index contributed by atoms with van der Waals surface area (Å²) in [5, 5.41) is 12.0. The third kappa shape index (κ3) is 2.85. The van der Waals surface area contributed by atoms with Gasteiger partial charge < -0.3 is 10.8 Å². The molecular weight excluding hydrogens is 216 g/mol. The van der Waals surface area contributed by atoms with Gasteiger partial charge in [-0.25, -0.2) is 0 Å². The van der Waals surface area contributed by atoms with Crippen molar-refractivity contribution in [2.75, 3.05) is 11.5 Å². The Bertz CT molecular complexity index is 264. The molecule has 0 aromatic rings. The van der Waals surface area contributed by atoms with Crippen LogP contribution >= 0.6 is 11.8 Å². The highest BCUT2D eigenvalue weighted by Crippen LogP contribution is 2.27. The minimum Gasteiger partial charge on any atom is -0.480 e. The molecule has 86 valence electrons. The highest BCUT2D eigenvalue weighted by molar-refractivity contribution is 7.99. The Kier molecular flexibility index (Phi) is 3.98. The number of thioether (sulfide) groups is 1. The molecule has 1 atom stereocenters. The van der Waals surface area contributed by atoms with Gasteiger partial charge in [0.05, 0.1) is 6.04 Å². The van der Waals surface area contributed by atoms with E-state index in [4.69, 9.17) is 5.73 Å². The highest BCUT2D eigenvalue weighted by Gasteiger charge is 2.41. The van der Waals surface area contributed by atoms with Crippen LogP contribution < -0.4 is 11.1 Å². The molecule has 1 heterocycles. The van der Waals surface area contributed by atoms with Crippen molar-refractivity contribution in [1.29, 1.82) is 0 Å². The van der Waals surface area contributed by atoms with Crippen molar-refractivity contribution in [3.05, 3.63) is 0 Å². The summed E-state index contributed by atoms with van der Waals surface area (Å²) in [6.45, 7) is 1.59. The largest absolute Gasteiger partial charge is 0.480 e. The average Bonchev–Trinajstić information content (AvgIpc) is 2.18. The molecular formula is C9H16N2O3S. The van der Waals surface area contributed by atoms with E-state index in [1.807, 2.05) is 0 Å². The zero-order valence-corrected chi connectivity index (χ0v) is 9.47. The van der Waals surface area contributed by atoms with Crippen LogP contribution in [0.2, 0.25) is 0 Å². The van der Waals surface area contributed by atoms with Crippen LogP contribution in [0.25, 0.3) is 0 Å². The third-order valence-corrected chi connectivity index (χ3v) is 3.66. The number of carboxylic acid groups (broad SMARTS) is 1. The van der Waals surface area contributed by atoms with Gasteiger partial charge in [0.2, 0.25) is 5.91 Å². The molecule has 1 unspecified atom stereocenters. The number of nitrogens with one attached hydrogen (secondary N) is 1. The van der Waals surface area contributed by atoms with Gasteiger partial charge in [-0.3, -0.25) is 14.9 Å². The zero-order valence-electron chi connectivity index (χ0n) is 8.66. The topological polar surface area (TPSA) is 92.4 Å². The maximum absolute atomic E-state index is 11.2. The van der Waals surface area contributed by atoms with Crippen molar-refractivity contribution < 1.29 is 14.7 Å². The standard InChI is InChI=1S/C9H16N2O3S/c1-6(7(10)12)11-9(8(13)14)2-4-15-5-3-9/h6,11H,2-5H2,1H3,(H2,10,12)(H,13,14). The Hall–Kier alpha value is -0.750. The minimum absolute atomic E-state index is 0.520. The predicted octanol–water partition coefficient (Wildman–Crippen LogP) is -0.200. The quantitative estimate of drug-likeness (QED) is 0.624. The van der Waals surface area contributed by atoms with E-state index in [2.05, 4.69) is 5.32 Å². The van der Waals surface area contributed by atoms with Gasteiger partial charge >= 0.3 is 5.97 Å². The monoisotopic (exact) mass is 232 g/mol. The van der Waals surface area contributed by atoms with Crippen molar-refractivity contribution in [3.63, 3.8) is 0 Å². The number of carboxylic acids is 1. The summed E-state index contributed by atoms with van der Waals surface area (Å²) in [6, 6.07) is -0.607. The number of carbonyl (C=O) groups is 2. The van der Waals surface area contributed by atoms with Crippen molar-refractivity contribution in [2.24, 2.45) is 5.73 Å². The Morgan fingerprint density at radius 3 is 2.40 bits per heavy atom. The molecule has 15 heavy (non-hydrogen) atoms. The second-order valence-corrected chi connectivity index (χ2v) is 4.99. The third-order valence-electron chi connectivity index (χ3n) is 2.68. The van der Waals surface area contributed by atoms with Gasteiger partial charge in [-0.2, -0.15) is 11.8 Å². The van der Waals surface area contributed by atoms with E-state index in [1.165, 1.54) is 0 Å². The number of primary amides is 1. The van der Waals surface area contributed by atoms with Gasteiger partial charge in [-0.05, 0) is 31.3 Å². The SMILES string of the molecule is CC(NC1(C(=O)O)CCSCC1)C(N)=O. The number of hydrogen-bond acceptors (Lipinski definition) is 4. The van der Waals surface area contributed by atoms with Gasteiger partial charge in [-0.15, -0.1) is 0 Å². The Balaban J connectivity index is 2.72. The van der Waals surface area contributed by atoms with Gasteiger partial charge in [0.25, 0.3) is 0 Å². The summed E-state index contributed by atoms with van der Waals surface area (Å²) in [4.78, 5) is 22.1. The number of nitrogens with two attached hydrogens (primary N) is 1. The highest BCUT2D eigenvalue weighted by atomic mass is 32.2. The molecule has 6 heteroatoms. The summed E-state index contributed by atoms with van der Waals surface area (Å²) >= 11 is 1.73. The van der Waals surface area contributed by atoms with E-state index in [0.29, 0.717) is 12.8 Å². The number of aliphatic carboxylic acids is 1. The maximum Gasteiger partial charge on any atom is 0.323 e. The van der Waals surface area contributed by atoms with Crippen molar-refractivity contribution in [2.45, 2.75) is 31.3 Å². The second-order valence-electron chi connectivity index (χ2n) is 3.77. The van der Waals surface area contributed by atoms with Gasteiger partial charge in [0, 0.05) is 0 Å². The molecule has 4 N–H and O–H groups in total. The molecule has 0 saturated carbocycles. The fourth-order valence-corrected chi connectivity index (χ4v) is 2.82. The van der Waals surface area contributed by atoms with E-state index < -0.39 is 23.5 Å². The number of amides is 1. The smallest absolute Gasteiger partial charge is 0.323 e. The zero-order chi connectivity index (χ0) is 11.5. The fraction of sp³-hybridized carbons (Fsp3) is 0.778. The Morgan fingerprint density at radius 1 is 1.47 bits per heavy atom. The first-order valence-electron chi connectivity index (χ1n) is 4.86. The van der Waals surface area contributed by atoms with Gasteiger partial charge in [-0.1, -0.05) is 0 Å². The van der Waals surface area contributed by atoms with Crippen molar-refractivity contribution in [1.82, 2.24) is 5.32 Å². The molecule has 0 radical (unpaired) electrons. The van der Waals surface area contributed by atoms with Gasteiger partial charge in [0.15, 0.2) is 0 Å². The number of hydrogen-bond donors (Lipinski definition) is 3. The molecule has 0 aliphatic carbocycles. The number of carbonyl (C=O) groups excluding carboxylic acids is 1. The summed E-state index contributed by atoms with van der Waals surface area (Å²) < 4.78 is 0. The first-order chi connectivity index (χ1) is 6.98. The van der Waals surface area contributed by atoms with E-state index in [9.17, 15) is 14.7 Å². The van der Waals surface area contributed by atoms with Crippen LogP contribution in [0.5, 0.6) is 0 Å². The van der Waals surface area contributed by atoms with Crippen LogP contribution in [0.15, 0.2) is 0 Å². The van der Waals surface area contributed by atoms with Crippen LogP contribution in [0.3, 0.4) is 0 Å². The molecule has 0 bridgehead atoms. The first kappa shape index (κ1) is 12.3. The average molecular weight is 232 g/mol. The fourth-order valence-electron chi connectivity index (χ4n) is 1.63. The van der Waals surface area contributed by atoms with Gasteiger partial charge in [0.1, 0.15) is 5.54 Å². The molecule has 0 aromatic carbocycles. The number of rotatable bonds is 4. The van der Waals surface area contributed by atoms with E-state index >= 15 is 0 Å². The van der Waals surface area contributed by atoms with E-state index in [1.54, 1.807) is 18.7 Å².